The minimum Gasteiger partial charge on any atom is -0.355 e. The largest absolute Gasteiger partial charge is 0.355 e. The van der Waals surface area contributed by atoms with Crippen LogP contribution in [0.15, 0.2) is 30.3 Å². The number of carbonyl (C=O) groups is 2. The summed E-state index contributed by atoms with van der Waals surface area (Å²) in [4.78, 5) is 23.1. The predicted molar refractivity (Wildman–Crippen MR) is 83.6 cm³/mol. The highest BCUT2D eigenvalue weighted by molar-refractivity contribution is 5.81. The number of benzene rings is 1. The van der Waals surface area contributed by atoms with Gasteiger partial charge in [-0.2, -0.15) is 0 Å². The van der Waals surface area contributed by atoms with Gasteiger partial charge in [-0.15, -0.1) is 0 Å². The van der Waals surface area contributed by atoms with Crippen molar-refractivity contribution in [3.8, 4) is 0 Å². The van der Waals surface area contributed by atoms with Crippen molar-refractivity contribution in [3.05, 3.63) is 35.9 Å². The van der Waals surface area contributed by atoms with Crippen LogP contribution < -0.4 is 16.0 Å². The fourth-order valence-corrected chi connectivity index (χ4v) is 1.71. The van der Waals surface area contributed by atoms with Crippen LogP contribution in [0.4, 0.5) is 0 Å². The monoisotopic (exact) mass is 291 g/mol. The number of carbonyl (C=O) groups excluding carboxylic acids is 2. The van der Waals surface area contributed by atoms with Crippen molar-refractivity contribution in [1.29, 1.82) is 0 Å². The third-order valence-corrected chi connectivity index (χ3v) is 2.95. The van der Waals surface area contributed by atoms with E-state index in [2.05, 4.69) is 29.8 Å². The van der Waals surface area contributed by atoms with Crippen LogP contribution in [0.1, 0.15) is 25.8 Å². The van der Waals surface area contributed by atoms with Crippen molar-refractivity contribution >= 4 is 11.8 Å². The topological polar surface area (TPSA) is 70.2 Å². The Kier molecular flexibility index (Phi) is 8.12. The highest BCUT2D eigenvalue weighted by Gasteiger charge is 2.04. The van der Waals surface area contributed by atoms with Crippen molar-refractivity contribution in [2.45, 2.75) is 26.8 Å². The number of hydrogen-bond acceptors (Lipinski definition) is 3. The molecule has 0 heterocycles. The predicted octanol–water partition coefficient (Wildman–Crippen LogP) is 1.05. The molecule has 2 amide bonds. The normalized spacial score (nSPS) is 10.4. The molecule has 0 unspecified atom stereocenters. The Morgan fingerprint density at radius 2 is 1.62 bits per heavy atom. The first-order chi connectivity index (χ1) is 10.1. The fraction of sp³-hybridized carbons (Fsp3) is 0.500. The smallest absolute Gasteiger partial charge is 0.234 e. The molecule has 21 heavy (non-hydrogen) atoms. The van der Waals surface area contributed by atoms with Crippen LogP contribution in [-0.2, 0) is 16.1 Å². The highest BCUT2D eigenvalue weighted by Crippen LogP contribution is 1.97. The molecular formula is C16H25N3O2. The molecule has 1 rings (SSSR count). The lowest BCUT2D eigenvalue weighted by molar-refractivity contribution is -0.121. The minimum atomic E-state index is -0.117. The molecule has 3 N–H and O–H groups in total. The van der Waals surface area contributed by atoms with Gasteiger partial charge in [-0.1, -0.05) is 44.2 Å². The molecule has 0 aliphatic carbocycles. The van der Waals surface area contributed by atoms with Crippen molar-refractivity contribution in [1.82, 2.24) is 16.0 Å². The molecule has 0 aliphatic rings. The Hall–Kier alpha value is -1.88. The summed E-state index contributed by atoms with van der Waals surface area (Å²) in [6, 6.07) is 9.71. The molecule has 0 aromatic heterocycles. The SMILES string of the molecule is CC(C)CCNC(=O)CNCC(=O)NCc1ccccc1. The van der Waals surface area contributed by atoms with E-state index in [4.69, 9.17) is 0 Å². The van der Waals surface area contributed by atoms with Gasteiger partial charge in [-0.25, -0.2) is 0 Å². The van der Waals surface area contributed by atoms with Crippen LogP contribution in [0.2, 0.25) is 0 Å². The summed E-state index contributed by atoms with van der Waals surface area (Å²) in [6.45, 7) is 5.71. The van der Waals surface area contributed by atoms with Crippen molar-refractivity contribution in [2.24, 2.45) is 5.92 Å². The molecule has 0 atom stereocenters. The van der Waals surface area contributed by atoms with E-state index >= 15 is 0 Å². The molecule has 5 nitrogen and oxygen atoms in total. The first kappa shape index (κ1) is 17.2. The van der Waals surface area contributed by atoms with Crippen LogP contribution in [0.3, 0.4) is 0 Å². The molecule has 0 bridgehead atoms. The molecule has 1 aromatic carbocycles. The summed E-state index contributed by atoms with van der Waals surface area (Å²) >= 11 is 0. The lowest BCUT2D eigenvalue weighted by Gasteiger charge is -2.08. The molecule has 0 aliphatic heterocycles. The van der Waals surface area contributed by atoms with Gasteiger partial charge in [0.25, 0.3) is 0 Å². The lowest BCUT2D eigenvalue weighted by atomic mass is 10.1. The summed E-state index contributed by atoms with van der Waals surface area (Å²) in [6.07, 6.45) is 0.962. The van der Waals surface area contributed by atoms with Gasteiger partial charge in [0, 0.05) is 13.1 Å². The zero-order valence-corrected chi connectivity index (χ0v) is 12.8. The maximum atomic E-state index is 11.6. The number of hydrogen-bond donors (Lipinski definition) is 3. The molecule has 0 fully saturated rings. The Balaban J connectivity index is 2.06. The summed E-state index contributed by atoms with van der Waals surface area (Å²) in [5, 5.41) is 8.45. The molecule has 0 radical (unpaired) electrons. The number of nitrogens with one attached hydrogen (secondary N) is 3. The van der Waals surface area contributed by atoms with Gasteiger partial charge in [0.1, 0.15) is 0 Å². The average molecular weight is 291 g/mol. The van der Waals surface area contributed by atoms with E-state index in [1.54, 1.807) is 0 Å². The van der Waals surface area contributed by atoms with Crippen LogP contribution >= 0.6 is 0 Å². The van der Waals surface area contributed by atoms with Gasteiger partial charge in [0.05, 0.1) is 13.1 Å². The quantitative estimate of drug-likeness (QED) is 0.637. The molecule has 0 spiro atoms. The number of rotatable bonds is 9. The van der Waals surface area contributed by atoms with Crippen LogP contribution in [0.25, 0.3) is 0 Å². The lowest BCUT2D eigenvalue weighted by Crippen LogP contribution is -2.39. The second-order valence-electron chi connectivity index (χ2n) is 5.40. The Morgan fingerprint density at radius 3 is 2.24 bits per heavy atom. The fourth-order valence-electron chi connectivity index (χ4n) is 1.71. The standard InChI is InChI=1S/C16H25N3O2/c1-13(2)8-9-18-15(20)11-17-12-16(21)19-10-14-6-4-3-5-7-14/h3-7,13,17H,8-12H2,1-2H3,(H,18,20)(H,19,21). The van der Waals surface area contributed by atoms with E-state index in [0.717, 1.165) is 12.0 Å². The molecule has 0 saturated heterocycles. The van der Waals surface area contributed by atoms with E-state index in [-0.39, 0.29) is 24.9 Å². The molecule has 1 aromatic rings. The van der Waals surface area contributed by atoms with Gasteiger partial charge in [0.15, 0.2) is 0 Å². The first-order valence-corrected chi connectivity index (χ1v) is 7.36. The van der Waals surface area contributed by atoms with E-state index in [0.29, 0.717) is 19.0 Å². The zero-order valence-electron chi connectivity index (χ0n) is 12.8. The van der Waals surface area contributed by atoms with Crippen LogP contribution in [0.5, 0.6) is 0 Å². The van der Waals surface area contributed by atoms with Gasteiger partial charge >= 0.3 is 0 Å². The van der Waals surface area contributed by atoms with E-state index in [1.165, 1.54) is 0 Å². The second kappa shape index (κ2) is 9.94. The van der Waals surface area contributed by atoms with Crippen molar-refractivity contribution in [2.75, 3.05) is 19.6 Å². The van der Waals surface area contributed by atoms with Crippen LogP contribution in [0, 0.1) is 5.92 Å². The van der Waals surface area contributed by atoms with Crippen molar-refractivity contribution < 1.29 is 9.59 Å². The molecular weight excluding hydrogens is 266 g/mol. The summed E-state index contributed by atoms with van der Waals surface area (Å²) in [5.41, 5.74) is 1.05. The average Bonchev–Trinajstić information content (AvgIpc) is 2.46. The van der Waals surface area contributed by atoms with Gasteiger partial charge in [-0.3, -0.25) is 14.9 Å². The van der Waals surface area contributed by atoms with Gasteiger partial charge in [0.2, 0.25) is 11.8 Å². The summed E-state index contributed by atoms with van der Waals surface area (Å²) < 4.78 is 0. The first-order valence-electron chi connectivity index (χ1n) is 7.36. The van der Waals surface area contributed by atoms with Crippen LogP contribution in [-0.4, -0.2) is 31.4 Å². The van der Waals surface area contributed by atoms with Crippen molar-refractivity contribution in [3.63, 3.8) is 0 Å². The third kappa shape index (κ3) is 8.81. The zero-order chi connectivity index (χ0) is 15.5. The molecule has 0 saturated carbocycles. The number of amides is 2. The Morgan fingerprint density at radius 1 is 1.00 bits per heavy atom. The maximum Gasteiger partial charge on any atom is 0.234 e. The molecule has 116 valence electrons. The molecule has 5 heteroatoms. The van der Waals surface area contributed by atoms with E-state index in [9.17, 15) is 9.59 Å². The Bertz CT molecular complexity index is 432. The third-order valence-electron chi connectivity index (χ3n) is 2.95. The van der Waals surface area contributed by atoms with E-state index in [1.807, 2.05) is 30.3 Å². The van der Waals surface area contributed by atoms with Gasteiger partial charge in [-0.05, 0) is 17.9 Å². The maximum absolute atomic E-state index is 11.6. The van der Waals surface area contributed by atoms with E-state index < -0.39 is 0 Å². The second-order valence-corrected chi connectivity index (χ2v) is 5.40. The minimum absolute atomic E-state index is 0.0773. The Labute approximate surface area is 126 Å². The summed E-state index contributed by atoms with van der Waals surface area (Å²) in [5.74, 6) is 0.377. The highest BCUT2D eigenvalue weighted by atomic mass is 16.2. The summed E-state index contributed by atoms with van der Waals surface area (Å²) in [7, 11) is 0. The van der Waals surface area contributed by atoms with Gasteiger partial charge < -0.3 is 10.6 Å².